The molecule has 2 aliphatic heterocycles. The number of nitrogens with one attached hydrogen (secondary N) is 1. The van der Waals surface area contributed by atoms with E-state index >= 15 is 0 Å². The van der Waals surface area contributed by atoms with Crippen LogP contribution in [0.5, 0.6) is 17.4 Å². The van der Waals surface area contributed by atoms with Crippen LogP contribution in [-0.4, -0.2) is 38.9 Å². The van der Waals surface area contributed by atoms with Crippen LogP contribution in [0.2, 0.25) is 0 Å². The van der Waals surface area contributed by atoms with Gasteiger partial charge in [0.05, 0.1) is 23.5 Å². The van der Waals surface area contributed by atoms with Crippen molar-refractivity contribution in [1.29, 1.82) is 0 Å². The van der Waals surface area contributed by atoms with E-state index in [4.69, 9.17) is 15.9 Å². The first kappa shape index (κ1) is 37.6. The number of carbonyl (C=O) groups is 2. The third-order valence-corrected chi connectivity index (χ3v) is 8.78. The van der Waals surface area contributed by atoms with Gasteiger partial charge in [0.1, 0.15) is 40.2 Å². The van der Waals surface area contributed by atoms with Gasteiger partial charge >= 0.3 is 6.18 Å². The predicted octanol–water partition coefficient (Wildman–Crippen LogP) is 7.68. The number of terminal acetylenes is 1. The zero-order chi connectivity index (χ0) is 38.8. The first-order valence-corrected chi connectivity index (χ1v) is 16.8. The van der Waals surface area contributed by atoms with Gasteiger partial charge in [-0.25, -0.2) is 23.1 Å². The minimum absolute atomic E-state index is 0.0964. The number of halogens is 6. The summed E-state index contributed by atoms with van der Waals surface area (Å²) in [4.78, 5) is 34.8. The van der Waals surface area contributed by atoms with E-state index in [0.29, 0.717) is 22.3 Å². The number of benzene rings is 3. The zero-order valence-corrected chi connectivity index (χ0v) is 29.2. The van der Waals surface area contributed by atoms with Crippen molar-refractivity contribution in [1.82, 2.24) is 13.9 Å². The Bertz CT molecular complexity index is 2370. The Morgan fingerprint density at radius 2 is 1.89 bits per heavy atom. The third kappa shape index (κ3) is 8.39. The van der Waals surface area contributed by atoms with Gasteiger partial charge in [-0.15, -0.1) is 6.42 Å². The molecule has 2 aliphatic rings. The van der Waals surface area contributed by atoms with E-state index in [1.165, 1.54) is 53.0 Å². The maximum Gasteiger partial charge on any atom is 0.416 e. The molecular weight excluding hydrogens is 739 g/mol. The second kappa shape index (κ2) is 15.1. The first-order valence-electron chi connectivity index (χ1n) is 16.0. The lowest BCUT2D eigenvalue weighted by atomic mass is 9.92. The van der Waals surface area contributed by atoms with Crippen molar-refractivity contribution >= 4 is 40.4 Å². The number of ether oxygens (including phenoxy) is 2. The molecule has 0 aliphatic carbocycles. The van der Waals surface area contributed by atoms with Gasteiger partial charge in [0.2, 0.25) is 10.7 Å². The molecule has 4 heterocycles. The summed E-state index contributed by atoms with van der Waals surface area (Å²) in [5.41, 5.74) is -0.679. The number of amides is 2. The van der Waals surface area contributed by atoms with Crippen LogP contribution in [0.15, 0.2) is 77.9 Å². The molecule has 0 bridgehead atoms. The number of rotatable bonds is 6. The highest BCUT2D eigenvalue weighted by Gasteiger charge is 2.32. The lowest BCUT2D eigenvalue weighted by Gasteiger charge is -2.28. The highest BCUT2D eigenvalue weighted by molar-refractivity contribution is 7.02. The van der Waals surface area contributed by atoms with Gasteiger partial charge in [0.15, 0.2) is 12.4 Å². The molecule has 3 aromatic carbocycles. The normalized spacial score (nSPS) is 14.6. The summed E-state index contributed by atoms with van der Waals surface area (Å²) < 4.78 is 96.8. The van der Waals surface area contributed by atoms with Gasteiger partial charge in [0.25, 0.3) is 11.8 Å². The average molecular weight is 767 g/mol. The second-order valence-corrected chi connectivity index (χ2v) is 13.5. The van der Waals surface area contributed by atoms with E-state index in [0.717, 1.165) is 49.1 Å². The van der Waals surface area contributed by atoms with Crippen LogP contribution in [0.3, 0.4) is 0 Å². The Labute approximate surface area is 307 Å². The summed E-state index contributed by atoms with van der Waals surface area (Å²) in [5.74, 6) is -0.174. The molecular formula is C37H28F6N6O4S. The second-order valence-electron chi connectivity index (χ2n) is 12.7. The quantitative estimate of drug-likeness (QED) is 0.140. The Balaban J connectivity index is 0.000000185. The van der Waals surface area contributed by atoms with Gasteiger partial charge < -0.3 is 19.4 Å². The van der Waals surface area contributed by atoms with Crippen molar-refractivity contribution in [2.75, 3.05) is 23.4 Å². The molecule has 0 spiro atoms. The number of anilines is 2. The fourth-order valence-electron chi connectivity index (χ4n) is 5.52. The van der Waals surface area contributed by atoms with E-state index in [9.17, 15) is 35.9 Å². The number of hydrogen-bond donors (Lipinski definition) is 1. The number of nitrogens with zero attached hydrogens (tertiary/aromatic N) is 5. The molecule has 2 aromatic heterocycles. The van der Waals surface area contributed by atoms with Crippen LogP contribution in [0, 0.1) is 35.2 Å². The SMILES string of the molecule is C#CCN1C(=O)COc2cc(F)c(N=c3snc4n3CC(C)(C)C4)cc21.O=C(Nc1ccc(F)cc1F)c1cccnc1Oc1cccc(C(F)(F)F)c1. The average Bonchev–Trinajstić information content (AvgIpc) is 3.62. The molecule has 278 valence electrons. The van der Waals surface area contributed by atoms with Crippen molar-refractivity contribution < 1.29 is 45.4 Å². The van der Waals surface area contributed by atoms with Crippen molar-refractivity contribution in [3.63, 3.8) is 0 Å². The molecule has 0 unspecified atom stereocenters. The van der Waals surface area contributed by atoms with Crippen LogP contribution in [-0.2, 0) is 23.9 Å². The van der Waals surface area contributed by atoms with Crippen LogP contribution in [0.1, 0.15) is 35.6 Å². The first-order chi connectivity index (χ1) is 25.6. The molecule has 10 nitrogen and oxygen atoms in total. The van der Waals surface area contributed by atoms with Crippen molar-refractivity contribution in [2.24, 2.45) is 10.4 Å². The minimum atomic E-state index is -4.57. The van der Waals surface area contributed by atoms with E-state index in [-0.39, 0.29) is 53.0 Å². The zero-order valence-electron chi connectivity index (χ0n) is 28.4. The van der Waals surface area contributed by atoms with E-state index in [1.807, 2.05) is 4.57 Å². The van der Waals surface area contributed by atoms with Gasteiger partial charge in [-0.1, -0.05) is 25.8 Å². The number of alkyl halides is 3. The van der Waals surface area contributed by atoms with Gasteiger partial charge in [-0.05, 0) is 53.9 Å². The summed E-state index contributed by atoms with van der Waals surface area (Å²) in [6.45, 7) is 5.05. The predicted molar refractivity (Wildman–Crippen MR) is 186 cm³/mol. The highest BCUT2D eigenvalue weighted by atomic mass is 32.1. The van der Waals surface area contributed by atoms with E-state index in [2.05, 4.69) is 39.4 Å². The molecule has 0 fully saturated rings. The Kier molecular flexibility index (Phi) is 10.5. The van der Waals surface area contributed by atoms with Crippen molar-refractivity contribution in [3.8, 4) is 29.7 Å². The number of hydrogen-bond acceptors (Lipinski definition) is 8. The summed E-state index contributed by atoms with van der Waals surface area (Å²) in [6.07, 6.45) is 2.93. The van der Waals surface area contributed by atoms with E-state index < -0.39 is 35.1 Å². The molecule has 7 rings (SSSR count). The smallest absolute Gasteiger partial charge is 0.416 e. The molecule has 0 saturated heterocycles. The summed E-state index contributed by atoms with van der Waals surface area (Å²) in [7, 11) is 0. The van der Waals surface area contributed by atoms with Crippen LogP contribution < -0.4 is 24.5 Å². The molecule has 5 aromatic rings. The summed E-state index contributed by atoms with van der Waals surface area (Å²) in [6, 6.07) is 12.1. The fraction of sp³-hybridized carbons (Fsp3) is 0.216. The molecule has 0 radical (unpaired) electrons. The molecule has 54 heavy (non-hydrogen) atoms. The molecule has 17 heteroatoms. The Morgan fingerprint density at radius 3 is 2.63 bits per heavy atom. The van der Waals surface area contributed by atoms with Gasteiger partial charge in [0, 0.05) is 42.8 Å². The molecule has 0 atom stereocenters. The highest BCUT2D eigenvalue weighted by Crippen LogP contribution is 2.38. The lowest BCUT2D eigenvalue weighted by molar-refractivity contribution is -0.137. The third-order valence-electron chi connectivity index (χ3n) is 8.01. The summed E-state index contributed by atoms with van der Waals surface area (Å²) in [5, 5.41) is 2.23. The maximum absolute atomic E-state index is 14.5. The number of carbonyl (C=O) groups excluding carboxylic acids is 2. The Hall–Kier alpha value is -6.15. The topological polar surface area (TPSA) is 111 Å². The standard InChI is InChI=1S/C19H11F5N2O2.C18H17FN4O2S/c20-12-6-7-16(15(21)10-12)26-17(27)14-5-2-8-25-18(14)28-13-4-1-3-11(9-13)19(22,23)24;1-4-5-22-13-7-12(11(19)6-14(13)25-9-16(22)24)20-17-23-10-18(2,3)8-15(23)21-26-17/h1-10H,(H,26,27);1,6-7H,5,8-10H2,2-3H3. The van der Waals surface area contributed by atoms with Crippen molar-refractivity contribution in [3.05, 3.63) is 112 Å². The van der Waals surface area contributed by atoms with Crippen LogP contribution in [0.4, 0.5) is 43.4 Å². The monoisotopic (exact) mass is 766 g/mol. The largest absolute Gasteiger partial charge is 0.481 e. The molecule has 2 amide bonds. The van der Waals surface area contributed by atoms with Crippen molar-refractivity contribution in [2.45, 2.75) is 33.0 Å². The fourth-order valence-corrected chi connectivity index (χ4v) is 6.28. The molecule has 1 N–H and O–H groups in total. The minimum Gasteiger partial charge on any atom is -0.481 e. The number of pyridine rings is 1. The maximum atomic E-state index is 14.5. The van der Waals surface area contributed by atoms with E-state index in [1.54, 1.807) is 0 Å². The molecule has 0 saturated carbocycles. The van der Waals surface area contributed by atoms with Crippen LogP contribution in [0.25, 0.3) is 0 Å². The van der Waals surface area contributed by atoms with Gasteiger partial charge in [-0.2, -0.15) is 17.5 Å². The number of fused-ring (bicyclic) bond motifs is 2. The lowest BCUT2D eigenvalue weighted by Crippen LogP contribution is -2.39. The number of aromatic nitrogens is 3. The van der Waals surface area contributed by atoms with Crippen LogP contribution >= 0.6 is 11.5 Å². The Morgan fingerprint density at radius 1 is 1.09 bits per heavy atom. The summed E-state index contributed by atoms with van der Waals surface area (Å²) >= 11 is 1.24. The van der Waals surface area contributed by atoms with Gasteiger partial charge in [-0.3, -0.25) is 14.5 Å².